The number of ether oxygens (including phenoxy) is 1. The van der Waals surface area contributed by atoms with E-state index in [1.54, 1.807) is 0 Å². The van der Waals surface area contributed by atoms with E-state index in [0.29, 0.717) is 23.8 Å². The van der Waals surface area contributed by atoms with E-state index in [9.17, 15) is 4.79 Å². The number of amides is 1. The first-order chi connectivity index (χ1) is 15.4. The first-order valence-corrected chi connectivity index (χ1v) is 11.4. The molecular weight excluding hydrogens is 418 g/mol. The Bertz CT molecular complexity index is 1240. The van der Waals surface area contributed by atoms with Crippen LogP contribution in [0, 0.1) is 27.7 Å². The lowest BCUT2D eigenvalue weighted by Crippen LogP contribution is -2.11. The third-order valence-electron chi connectivity index (χ3n) is 5.38. The highest BCUT2D eigenvalue weighted by molar-refractivity contribution is 7.12. The molecule has 0 unspecified atom stereocenters. The molecule has 0 saturated heterocycles. The molecule has 0 aliphatic rings. The Labute approximate surface area is 192 Å². The maximum atomic E-state index is 12.7. The van der Waals surface area contributed by atoms with Gasteiger partial charge in [-0.3, -0.25) is 9.48 Å². The van der Waals surface area contributed by atoms with Crippen molar-refractivity contribution in [1.29, 1.82) is 0 Å². The molecule has 0 aliphatic heterocycles. The second kappa shape index (κ2) is 9.40. The third kappa shape index (κ3) is 5.26. The molecule has 1 N–H and O–H groups in total. The van der Waals surface area contributed by atoms with Crippen molar-refractivity contribution in [3.8, 4) is 5.75 Å². The largest absolute Gasteiger partial charge is 0.489 e. The van der Waals surface area contributed by atoms with Crippen LogP contribution in [-0.4, -0.2) is 15.7 Å². The molecule has 32 heavy (non-hydrogen) atoms. The summed E-state index contributed by atoms with van der Waals surface area (Å²) >= 11 is 1.41. The van der Waals surface area contributed by atoms with E-state index >= 15 is 0 Å². The summed E-state index contributed by atoms with van der Waals surface area (Å²) in [6.07, 6.45) is 1.87. The smallest absolute Gasteiger partial charge is 0.266 e. The minimum absolute atomic E-state index is 0.163. The summed E-state index contributed by atoms with van der Waals surface area (Å²) in [5, 5.41) is 9.31. The van der Waals surface area contributed by atoms with Crippen molar-refractivity contribution in [3.05, 3.63) is 98.4 Å². The average Bonchev–Trinajstić information content (AvgIpc) is 3.41. The van der Waals surface area contributed by atoms with Crippen molar-refractivity contribution in [2.45, 2.75) is 40.8 Å². The number of aromatic nitrogens is 2. The lowest BCUT2D eigenvalue weighted by molar-refractivity contribution is 0.103. The number of nitrogens with zero attached hydrogens (tertiary/aromatic N) is 2. The van der Waals surface area contributed by atoms with Crippen LogP contribution >= 0.6 is 11.3 Å². The van der Waals surface area contributed by atoms with Gasteiger partial charge in [-0.15, -0.1) is 11.3 Å². The number of nitrogens with one attached hydrogen (secondary N) is 1. The first-order valence-electron chi connectivity index (χ1n) is 10.6. The molecule has 4 rings (SSSR count). The van der Waals surface area contributed by atoms with Crippen LogP contribution in [0.5, 0.6) is 5.75 Å². The number of thiophene rings is 1. The van der Waals surface area contributed by atoms with Gasteiger partial charge in [0.15, 0.2) is 5.82 Å². The summed E-state index contributed by atoms with van der Waals surface area (Å²) in [5.41, 5.74) is 6.90. The Morgan fingerprint density at radius 2 is 1.78 bits per heavy atom. The summed E-state index contributed by atoms with van der Waals surface area (Å²) < 4.78 is 7.84. The monoisotopic (exact) mass is 445 g/mol. The number of benzene rings is 2. The van der Waals surface area contributed by atoms with Crippen LogP contribution in [0.25, 0.3) is 0 Å². The Hall–Kier alpha value is -3.38. The van der Waals surface area contributed by atoms with Crippen LogP contribution in [0.4, 0.5) is 5.82 Å². The van der Waals surface area contributed by atoms with Gasteiger partial charge < -0.3 is 10.1 Å². The number of carbonyl (C=O) groups is 1. The van der Waals surface area contributed by atoms with Crippen LogP contribution < -0.4 is 10.1 Å². The van der Waals surface area contributed by atoms with E-state index in [0.717, 1.165) is 16.9 Å². The molecule has 0 atom stereocenters. The van der Waals surface area contributed by atoms with Gasteiger partial charge in [-0.1, -0.05) is 35.9 Å². The fourth-order valence-electron chi connectivity index (χ4n) is 3.46. The zero-order valence-corrected chi connectivity index (χ0v) is 19.6. The standard InChI is InChI=1S/C26H27N3O2S/c1-17-5-7-21(8-6-17)14-29-10-9-25(28-29)27-26(30)24-13-22(16-32-24)15-31-23-12-18(2)11-19(3)20(23)4/h5-13,16H,14-15H2,1-4H3,(H,27,28,30). The quantitative estimate of drug-likeness (QED) is 0.376. The molecule has 1 amide bonds. The Morgan fingerprint density at radius 1 is 1.00 bits per heavy atom. The summed E-state index contributed by atoms with van der Waals surface area (Å²) in [4.78, 5) is 13.3. The normalized spacial score (nSPS) is 10.9. The number of carbonyl (C=O) groups excluding carboxylic acids is 1. The number of hydrogen-bond donors (Lipinski definition) is 1. The van der Waals surface area contributed by atoms with E-state index in [1.165, 1.54) is 33.6 Å². The second-order valence-electron chi connectivity index (χ2n) is 8.15. The highest BCUT2D eigenvalue weighted by atomic mass is 32.1. The summed E-state index contributed by atoms with van der Waals surface area (Å²) in [6, 6.07) is 16.2. The van der Waals surface area contributed by atoms with Gasteiger partial charge in [0.2, 0.25) is 0 Å². The summed E-state index contributed by atoms with van der Waals surface area (Å²) in [6.45, 7) is 9.37. The van der Waals surface area contributed by atoms with Gasteiger partial charge in [-0.05, 0) is 67.5 Å². The average molecular weight is 446 g/mol. The maximum Gasteiger partial charge on any atom is 0.266 e. The van der Waals surface area contributed by atoms with Crippen LogP contribution in [0.3, 0.4) is 0 Å². The van der Waals surface area contributed by atoms with Crippen molar-refractivity contribution < 1.29 is 9.53 Å². The molecule has 4 aromatic rings. The van der Waals surface area contributed by atoms with Gasteiger partial charge in [-0.25, -0.2) is 0 Å². The fraction of sp³-hybridized carbons (Fsp3) is 0.231. The molecule has 2 aromatic heterocycles. The third-order valence-corrected chi connectivity index (χ3v) is 6.36. The topological polar surface area (TPSA) is 56.2 Å². The van der Waals surface area contributed by atoms with Crippen molar-refractivity contribution in [1.82, 2.24) is 9.78 Å². The lowest BCUT2D eigenvalue weighted by atomic mass is 10.1. The SMILES string of the molecule is Cc1ccc(Cn2ccc(NC(=O)c3cc(COc4cc(C)cc(C)c4C)cs3)n2)cc1. The van der Waals surface area contributed by atoms with Crippen molar-refractivity contribution >= 4 is 23.1 Å². The Kier molecular flexibility index (Phi) is 6.42. The van der Waals surface area contributed by atoms with E-state index in [-0.39, 0.29) is 5.91 Å². The van der Waals surface area contributed by atoms with Crippen LogP contribution in [-0.2, 0) is 13.2 Å². The molecule has 6 heteroatoms. The van der Waals surface area contributed by atoms with Crippen molar-refractivity contribution in [2.75, 3.05) is 5.32 Å². The van der Waals surface area contributed by atoms with Crippen molar-refractivity contribution in [3.63, 3.8) is 0 Å². The van der Waals surface area contributed by atoms with Crippen LogP contribution in [0.15, 0.2) is 60.1 Å². The fourth-order valence-corrected chi connectivity index (χ4v) is 4.25. The highest BCUT2D eigenvalue weighted by Crippen LogP contribution is 2.25. The second-order valence-corrected chi connectivity index (χ2v) is 9.06. The summed E-state index contributed by atoms with van der Waals surface area (Å²) in [7, 11) is 0. The van der Waals surface area contributed by atoms with Gasteiger partial charge in [-0.2, -0.15) is 5.10 Å². The molecule has 2 aromatic carbocycles. The maximum absolute atomic E-state index is 12.7. The molecule has 164 valence electrons. The molecule has 0 saturated carbocycles. The molecular formula is C26H27N3O2S. The molecule has 0 bridgehead atoms. The molecule has 0 fully saturated rings. The van der Waals surface area contributed by atoms with Crippen molar-refractivity contribution in [2.24, 2.45) is 0 Å². The summed E-state index contributed by atoms with van der Waals surface area (Å²) in [5.74, 6) is 1.27. The number of rotatable bonds is 7. The predicted octanol–water partition coefficient (Wildman–Crippen LogP) is 6.06. The van der Waals surface area contributed by atoms with E-state index in [2.05, 4.69) is 74.5 Å². The predicted molar refractivity (Wildman–Crippen MR) is 130 cm³/mol. The van der Waals surface area contributed by atoms with Gasteiger partial charge in [0.25, 0.3) is 5.91 Å². The minimum atomic E-state index is -0.163. The molecule has 0 spiro atoms. The molecule has 0 radical (unpaired) electrons. The first kappa shape index (κ1) is 21.8. The van der Waals surface area contributed by atoms with E-state index < -0.39 is 0 Å². The lowest BCUT2D eigenvalue weighted by Gasteiger charge is -2.11. The zero-order valence-electron chi connectivity index (χ0n) is 18.8. The van der Waals surface area contributed by atoms with Gasteiger partial charge in [0.1, 0.15) is 12.4 Å². The Morgan fingerprint density at radius 3 is 2.56 bits per heavy atom. The minimum Gasteiger partial charge on any atom is -0.489 e. The van der Waals surface area contributed by atoms with Gasteiger partial charge in [0.05, 0.1) is 11.4 Å². The van der Waals surface area contributed by atoms with Gasteiger partial charge in [0, 0.05) is 17.8 Å². The molecule has 2 heterocycles. The zero-order chi connectivity index (χ0) is 22.7. The van der Waals surface area contributed by atoms with Crippen LogP contribution in [0.1, 0.15) is 43.1 Å². The van der Waals surface area contributed by atoms with E-state index in [1.807, 2.05) is 28.4 Å². The van der Waals surface area contributed by atoms with E-state index in [4.69, 9.17) is 4.74 Å². The molecule has 5 nitrogen and oxygen atoms in total. The Balaban J connectivity index is 1.35. The number of hydrogen-bond acceptors (Lipinski definition) is 4. The highest BCUT2D eigenvalue weighted by Gasteiger charge is 2.12. The number of aryl methyl sites for hydroxylation is 3. The number of anilines is 1. The van der Waals surface area contributed by atoms with Gasteiger partial charge >= 0.3 is 0 Å². The molecule has 0 aliphatic carbocycles. The van der Waals surface area contributed by atoms with Crippen LogP contribution in [0.2, 0.25) is 0 Å².